The van der Waals surface area contributed by atoms with Crippen LogP contribution in [0.5, 0.6) is 0 Å². The second-order valence-corrected chi connectivity index (χ2v) is 5.04. The minimum Gasteiger partial charge on any atom is -0.312 e. The molecule has 0 saturated carbocycles. The fourth-order valence-corrected chi connectivity index (χ4v) is 2.32. The molecule has 1 aromatic heterocycles. The first-order chi connectivity index (χ1) is 9.47. The zero-order valence-electron chi connectivity index (χ0n) is 11.4. The Morgan fingerprint density at radius 3 is 2.45 bits per heavy atom. The van der Waals surface area contributed by atoms with Crippen LogP contribution in [-0.2, 0) is 20.0 Å². The zero-order valence-corrected chi connectivity index (χ0v) is 12.1. The Morgan fingerprint density at radius 1 is 1.25 bits per heavy atom. The molecule has 0 radical (unpaired) electrons. The summed E-state index contributed by atoms with van der Waals surface area (Å²) in [5.41, 5.74) is 2.45. The first-order valence-corrected chi connectivity index (χ1v) is 6.69. The highest BCUT2D eigenvalue weighted by molar-refractivity contribution is 6.30. The Kier molecular flexibility index (Phi) is 4.73. The van der Waals surface area contributed by atoms with Crippen LogP contribution in [0.15, 0.2) is 18.2 Å². The van der Waals surface area contributed by atoms with Crippen LogP contribution in [0.4, 0.5) is 8.78 Å². The van der Waals surface area contributed by atoms with Gasteiger partial charge in [-0.3, -0.25) is 4.68 Å². The lowest BCUT2D eigenvalue weighted by molar-refractivity contribution is 0.577. The average Bonchev–Trinajstić information content (AvgIpc) is 2.59. The standard InChI is InChI=1S/C14H16ClF2N3/c1-9-13(14(15)20(2)19-9)8-18-4-3-10-5-11(16)7-12(17)6-10/h5-7,18H,3-4,8H2,1-2H3. The summed E-state index contributed by atoms with van der Waals surface area (Å²) in [6.45, 7) is 3.08. The van der Waals surface area contributed by atoms with Crippen molar-refractivity contribution in [2.24, 2.45) is 7.05 Å². The third kappa shape index (κ3) is 3.55. The van der Waals surface area contributed by atoms with Gasteiger partial charge in [0.2, 0.25) is 0 Å². The van der Waals surface area contributed by atoms with Crippen molar-refractivity contribution in [2.45, 2.75) is 19.9 Å². The van der Waals surface area contributed by atoms with Gasteiger partial charge in [0, 0.05) is 25.2 Å². The van der Waals surface area contributed by atoms with Crippen molar-refractivity contribution in [3.05, 3.63) is 51.8 Å². The molecule has 0 atom stereocenters. The largest absolute Gasteiger partial charge is 0.312 e. The minimum absolute atomic E-state index is 0.547. The summed E-state index contributed by atoms with van der Waals surface area (Å²) in [5, 5.41) is 8.02. The van der Waals surface area contributed by atoms with Crippen molar-refractivity contribution in [1.29, 1.82) is 0 Å². The predicted octanol–water partition coefficient (Wildman–Crippen LogP) is 2.99. The lowest BCUT2D eigenvalue weighted by Gasteiger charge is -2.05. The summed E-state index contributed by atoms with van der Waals surface area (Å²) < 4.78 is 27.7. The van der Waals surface area contributed by atoms with Gasteiger partial charge in [0.05, 0.1) is 5.69 Å². The average molecular weight is 300 g/mol. The maximum absolute atomic E-state index is 13.0. The van der Waals surface area contributed by atoms with Gasteiger partial charge >= 0.3 is 0 Å². The molecule has 0 fully saturated rings. The van der Waals surface area contributed by atoms with Gasteiger partial charge in [-0.05, 0) is 37.6 Å². The number of aromatic nitrogens is 2. The van der Waals surface area contributed by atoms with E-state index in [-0.39, 0.29) is 0 Å². The van der Waals surface area contributed by atoms with Crippen molar-refractivity contribution in [2.75, 3.05) is 6.54 Å². The fraction of sp³-hybridized carbons (Fsp3) is 0.357. The van der Waals surface area contributed by atoms with Gasteiger partial charge in [0.1, 0.15) is 16.8 Å². The van der Waals surface area contributed by atoms with E-state index in [4.69, 9.17) is 11.6 Å². The lowest BCUT2D eigenvalue weighted by atomic mass is 10.1. The molecule has 0 spiro atoms. The van der Waals surface area contributed by atoms with Crippen LogP contribution < -0.4 is 5.32 Å². The van der Waals surface area contributed by atoms with Crippen LogP contribution in [0.25, 0.3) is 0 Å². The molecular formula is C14H16ClF2N3. The van der Waals surface area contributed by atoms with E-state index in [2.05, 4.69) is 10.4 Å². The number of benzene rings is 1. The van der Waals surface area contributed by atoms with Crippen molar-refractivity contribution in [3.8, 4) is 0 Å². The Balaban J connectivity index is 1.87. The molecule has 2 rings (SSSR count). The summed E-state index contributed by atoms with van der Waals surface area (Å²) >= 11 is 6.11. The molecule has 0 bridgehead atoms. The quantitative estimate of drug-likeness (QED) is 0.860. The van der Waals surface area contributed by atoms with E-state index in [9.17, 15) is 8.78 Å². The number of nitrogens with zero attached hydrogens (tertiary/aromatic N) is 2. The summed E-state index contributed by atoms with van der Waals surface area (Å²) in [7, 11) is 1.79. The van der Waals surface area contributed by atoms with Crippen LogP contribution in [0.3, 0.4) is 0 Å². The number of hydrogen-bond acceptors (Lipinski definition) is 2. The molecule has 0 aliphatic carbocycles. The highest BCUT2D eigenvalue weighted by Gasteiger charge is 2.10. The van der Waals surface area contributed by atoms with Crippen molar-refractivity contribution >= 4 is 11.6 Å². The molecule has 0 aliphatic rings. The van der Waals surface area contributed by atoms with E-state index >= 15 is 0 Å². The van der Waals surface area contributed by atoms with E-state index in [0.717, 1.165) is 17.3 Å². The van der Waals surface area contributed by atoms with Gasteiger partial charge in [-0.25, -0.2) is 8.78 Å². The number of halogens is 3. The molecule has 1 aromatic carbocycles. The van der Waals surface area contributed by atoms with Crippen LogP contribution in [0.1, 0.15) is 16.8 Å². The topological polar surface area (TPSA) is 29.9 Å². The molecular weight excluding hydrogens is 284 g/mol. The van der Waals surface area contributed by atoms with Crippen LogP contribution in [-0.4, -0.2) is 16.3 Å². The molecule has 2 aromatic rings. The molecule has 0 saturated heterocycles. The molecule has 0 unspecified atom stereocenters. The van der Waals surface area contributed by atoms with Gasteiger partial charge in [-0.2, -0.15) is 5.10 Å². The van der Waals surface area contributed by atoms with Crippen LogP contribution in [0.2, 0.25) is 5.15 Å². The lowest BCUT2D eigenvalue weighted by Crippen LogP contribution is -2.17. The van der Waals surface area contributed by atoms with Crippen molar-refractivity contribution in [1.82, 2.24) is 15.1 Å². The van der Waals surface area contributed by atoms with E-state index in [0.29, 0.717) is 30.2 Å². The fourth-order valence-electron chi connectivity index (χ4n) is 2.08. The first-order valence-electron chi connectivity index (χ1n) is 6.31. The second kappa shape index (κ2) is 6.33. The van der Waals surface area contributed by atoms with E-state index in [1.54, 1.807) is 11.7 Å². The Bertz CT molecular complexity index is 590. The molecule has 20 heavy (non-hydrogen) atoms. The Morgan fingerprint density at radius 2 is 1.90 bits per heavy atom. The van der Waals surface area contributed by atoms with Crippen LogP contribution in [0, 0.1) is 18.6 Å². The van der Waals surface area contributed by atoms with Gasteiger partial charge in [0.15, 0.2) is 0 Å². The predicted molar refractivity (Wildman–Crippen MR) is 74.7 cm³/mol. The molecule has 1 heterocycles. The number of nitrogens with one attached hydrogen (secondary N) is 1. The number of rotatable bonds is 5. The number of hydrogen-bond donors (Lipinski definition) is 1. The normalized spacial score (nSPS) is 11.1. The zero-order chi connectivity index (χ0) is 14.7. The molecule has 1 N–H and O–H groups in total. The Hall–Kier alpha value is -1.46. The minimum atomic E-state index is -0.550. The van der Waals surface area contributed by atoms with Gasteiger partial charge < -0.3 is 5.32 Å². The van der Waals surface area contributed by atoms with Crippen molar-refractivity contribution < 1.29 is 8.78 Å². The second-order valence-electron chi connectivity index (χ2n) is 4.68. The Labute approximate surface area is 121 Å². The highest BCUT2D eigenvalue weighted by Crippen LogP contribution is 2.18. The van der Waals surface area contributed by atoms with E-state index in [1.807, 2.05) is 6.92 Å². The summed E-state index contributed by atoms with van der Waals surface area (Å²) in [4.78, 5) is 0. The summed E-state index contributed by atoms with van der Waals surface area (Å²) in [6, 6.07) is 3.55. The molecule has 3 nitrogen and oxygen atoms in total. The summed E-state index contributed by atoms with van der Waals surface area (Å²) in [5.74, 6) is -1.10. The third-order valence-corrected chi connectivity index (χ3v) is 3.56. The smallest absolute Gasteiger partial charge is 0.131 e. The molecule has 108 valence electrons. The van der Waals surface area contributed by atoms with E-state index in [1.165, 1.54) is 12.1 Å². The van der Waals surface area contributed by atoms with Gasteiger partial charge in [0.25, 0.3) is 0 Å². The molecule has 0 amide bonds. The summed E-state index contributed by atoms with van der Waals surface area (Å²) in [6.07, 6.45) is 0.547. The molecule has 6 heteroatoms. The van der Waals surface area contributed by atoms with Crippen molar-refractivity contribution in [3.63, 3.8) is 0 Å². The highest BCUT2D eigenvalue weighted by atomic mass is 35.5. The van der Waals surface area contributed by atoms with E-state index < -0.39 is 11.6 Å². The van der Waals surface area contributed by atoms with Gasteiger partial charge in [-0.1, -0.05) is 11.6 Å². The SMILES string of the molecule is Cc1nn(C)c(Cl)c1CNCCc1cc(F)cc(F)c1. The maximum Gasteiger partial charge on any atom is 0.131 e. The molecule has 0 aliphatic heterocycles. The maximum atomic E-state index is 13.0. The number of aryl methyl sites for hydroxylation is 2. The van der Waals surface area contributed by atoms with Crippen LogP contribution >= 0.6 is 11.6 Å². The van der Waals surface area contributed by atoms with Gasteiger partial charge in [-0.15, -0.1) is 0 Å². The third-order valence-electron chi connectivity index (χ3n) is 3.08. The first kappa shape index (κ1) is 14.9. The monoisotopic (exact) mass is 299 g/mol.